The molecule has 29 heavy (non-hydrogen) atoms. The first kappa shape index (κ1) is 19.2. The van der Waals surface area contributed by atoms with E-state index in [4.69, 9.17) is 11.6 Å². The zero-order valence-electron chi connectivity index (χ0n) is 15.0. The lowest BCUT2D eigenvalue weighted by Crippen LogP contribution is -2.29. The summed E-state index contributed by atoms with van der Waals surface area (Å²) in [6.45, 7) is 1.72. The molecule has 1 saturated heterocycles. The van der Waals surface area contributed by atoms with Crippen molar-refractivity contribution in [3.8, 4) is 0 Å². The fraction of sp³-hybridized carbons (Fsp3) is 0.100. The predicted octanol–water partition coefficient (Wildman–Crippen LogP) is 4.27. The maximum absolute atomic E-state index is 13.5. The molecule has 146 valence electrons. The number of aryl methyl sites for hydroxylation is 1. The van der Waals surface area contributed by atoms with E-state index in [1.165, 1.54) is 29.2 Å². The average molecular weight is 430 g/mol. The number of carbonyl (C=O) groups is 2. The Bertz CT molecular complexity index is 1140. The predicted molar refractivity (Wildman–Crippen MR) is 107 cm³/mol. The molecule has 0 spiro atoms. The van der Waals surface area contributed by atoms with E-state index in [0.29, 0.717) is 21.2 Å². The van der Waals surface area contributed by atoms with Crippen LogP contribution in [0.2, 0.25) is 5.02 Å². The van der Waals surface area contributed by atoms with Gasteiger partial charge in [-0.3, -0.25) is 14.5 Å². The molecule has 2 aromatic carbocycles. The van der Waals surface area contributed by atoms with Crippen molar-refractivity contribution in [1.82, 2.24) is 10.2 Å². The Balaban J connectivity index is 1.93. The first-order valence-corrected chi connectivity index (χ1v) is 9.69. The zero-order valence-corrected chi connectivity index (χ0v) is 16.5. The van der Waals surface area contributed by atoms with Crippen molar-refractivity contribution in [1.29, 1.82) is 0 Å². The molecule has 1 aromatic heterocycles. The van der Waals surface area contributed by atoms with Gasteiger partial charge in [-0.25, -0.2) is 4.39 Å². The quantitative estimate of drug-likeness (QED) is 0.382. The summed E-state index contributed by atoms with van der Waals surface area (Å²) in [5.74, 6) is -2.51. The molecule has 1 aliphatic heterocycles. The van der Waals surface area contributed by atoms with Crippen LogP contribution >= 0.6 is 22.9 Å². The number of hydrogen-bond donors (Lipinski definition) is 1. The number of aliphatic hydroxyl groups excluding tert-OH is 1. The number of benzene rings is 2. The molecule has 1 N–H and O–H groups in total. The van der Waals surface area contributed by atoms with E-state index < -0.39 is 23.5 Å². The number of anilines is 1. The fourth-order valence-corrected chi connectivity index (χ4v) is 3.98. The molecule has 1 unspecified atom stereocenters. The molecule has 2 heterocycles. The number of Topliss-reactive ketones (excluding diaryl/α,β-unsaturated/α-hetero) is 1. The molecule has 3 aromatic rings. The smallest absolute Gasteiger partial charge is 0.301 e. The number of halogens is 2. The summed E-state index contributed by atoms with van der Waals surface area (Å²) in [4.78, 5) is 26.9. The molecule has 0 bridgehead atoms. The Kier molecular flexibility index (Phi) is 4.89. The van der Waals surface area contributed by atoms with Crippen LogP contribution in [0.3, 0.4) is 0 Å². The second kappa shape index (κ2) is 7.38. The number of rotatable bonds is 3. The molecule has 1 aliphatic rings. The van der Waals surface area contributed by atoms with Crippen LogP contribution in [-0.4, -0.2) is 27.0 Å². The van der Waals surface area contributed by atoms with Crippen LogP contribution < -0.4 is 4.90 Å². The second-order valence-electron chi connectivity index (χ2n) is 6.33. The van der Waals surface area contributed by atoms with Crippen LogP contribution in [0.25, 0.3) is 5.76 Å². The SMILES string of the molecule is Cc1nnc(N2C(=O)C(=O)C(=C(O)c3ccc(Cl)cc3)C2c2ccc(F)cc2)s1. The van der Waals surface area contributed by atoms with Crippen molar-refractivity contribution in [3.63, 3.8) is 0 Å². The van der Waals surface area contributed by atoms with E-state index in [9.17, 15) is 19.1 Å². The van der Waals surface area contributed by atoms with Gasteiger partial charge in [0.2, 0.25) is 5.13 Å². The summed E-state index contributed by atoms with van der Waals surface area (Å²) in [5.41, 5.74) is 0.665. The third kappa shape index (κ3) is 3.41. The Hall–Kier alpha value is -3.10. The number of carbonyl (C=O) groups excluding carboxylic acids is 2. The zero-order chi connectivity index (χ0) is 20.7. The monoisotopic (exact) mass is 429 g/mol. The topological polar surface area (TPSA) is 83.4 Å². The van der Waals surface area contributed by atoms with Crippen molar-refractivity contribution < 1.29 is 19.1 Å². The van der Waals surface area contributed by atoms with Crippen molar-refractivity contribution >= 4 is 45.5 Å². The molecular formula is C20H13ClFN3O3S. The maximum atomic E-state index is 13.5. The van der Waals surface area contributed by atoms with Crippen molar-refractivity contribution in [2.45, 2.75) is 13.0 Å². The molecular weight excluding hydrogens is 417 g/mol. The van der Waals surface area contributed by atoms with E-state index in [1.807, 2.05) is 0 Å². The fourth-order valence-electron chi connectivity index (χ4n) is 3.14. The van der Waals surface area contributed by atoms with Gasteiger partial charge in [0.25, 0.3) is 5.78 Å². The minimum Gasteiger partial charge on any atom is -0.507 e. The van der Waals surface area contributed by atoms with Gasteiger partial charge in [-0.05, 0) is 48.9 Å². The van der Waals surface area contributed by atoms with Gasteiger partial charge in [0, 0.05) is 10.6 Å². The summed E-state index contributed by atoms with van der Waals surface area (Å²) in [5, 5.41) is 20.1. The standard InChI is InChI=1S/C20H13ClFN3O3S/c1-10-23-24-20(29-10)25-16(11-4-8-14(22)9-5-11)15(18(27)19(25)28)17(26)12-2-6-13(21)7-3-12/h2-9,16,26H,1H3. The largest absolute Gasteiger partial charge is 0.507 e. The maximum Gasteiger partial charge on any atom is 0.301 e. The van der Waals surface area contributed by atoms with E-state index in [2.05, 4.69) is 10.2 Å². The van der Waals surface area contributed by atoms with Gasteiger partial charge in [0.1, 0.15) is 16.6 Å². The van der Waals surface area contributed by atoms with Crippen molar-refractivity contribution in [3.05, 3.63) is 81.1 Å². The molecule has 4 rings (SSSR count). The third-order valence-corrected chi connectivity index (χ3v) is 5.56. The van der Waals surface area contributed by atoms with E-state index in [1.54, 1.807) is 31.2 Å². The number of amides is 1. The molecule has 1 amide bonds. The van der Waals surface area contributed by atoms with Gasteiger partial charge < -0.3 is 5.11 Å². The highest BCUT2D eigenvalue weighted by Crippen LogP contribution is 2.42. The van der Waals surface area contributed by atoms with Gasteiger partial charge in [0.15, 0.2) is 0 Å². The highest BCUT2D eigenvalue weighted by molar-refractivity contribution is 7.15. The highest BCUT2D eigenvalue weighted by Gasteiger charge is 2.48. The number of hydrogen-bond acceptors (Lipinski definition) is 6. The van der Waals surface area contributed by atoms with E-state index >= 15 is 0 Å². The average Bonchev–Trinajstić information content (AvgIpc) is 3.24. The first-order valence-electron chi connectivity index (χ1n) is 8.49. The lowest BCUT2D eigenvalue weighted by molar-refractivity contribution is -0.132. The van der Waals surface area contributed by atoms with Crippen molar-refractivity contribution in [2.75, 3.05) is 4.90 Å². The van der Waals surface area contributed by atoms with Gasteiger partial charge in [-0.1, -0.05) is 35.1 Å². The Morgan fingerprint density at radius 3 is 2.34 bits per heavy atom. The Morgan fingerprint density at radius 2 is 1.76 bits per heavy atom. The second-order valence-corrected chi connectivity index (χ2v) is 7.93. The lowest BCUT2D eigenvalue weighted by Gasteiger charge is -2.22. The van der Waals surface area contributed by atoms with Crippen LogP contribution in [0, 0.1) is 12.7 Å². The van der Waals surface area contributed by atoms with Gasteiger partial charge in [-0.15, -0.1) is 10.2 Å². The van der Waals surface area contributed by atoms with E-state index in [-0.39, 0.29) is 16.5 Å². The molecule has 1 atom stereocenters. The summed E-state index contributed by atoms with van der Waals surface area (Å²) >= 11 is 7.04. The Morgan fingerprint density at radius 1 is 1.10 bits per heavy atom. The summed E-state index contributed by atoms with van der Waals surface area (Å²) in [7, 11) is 0. The minimum atomic E-state index is -0.973. The number of ketones is 1. The molecule has 1 fully saturated rings. The van der Waals surface area contributed by atoms with Crippen LogP contribution in [0.15, 0.2) is 54.1 Å². The number of nitrogens with zero attached hydrogens (tertiary/aromatic N) is 3. The van der Waals surface area contributed by atoms with Gasteiger partial charge in [0.05, 0.1) is 11.6 Å². The van der Waals surface area contributed by atoms with Crippen LogP contribution in [0.4, 0.5) is 9.52 Å². The minimum absolute atomic E-state index is 0.114. The molecule has 9 heteroatoms. The normalized spacial score (nSPS) is 18.4. The van der Waals surface area contributed by atoms with Crippen molar-refractivity contribution in [2.24, 2.45) is 0 Å². The molecule has 0 aliphatic carbocycles. The lowest BCUT2D eigenvalue weighted by atomic mass is 9.95. The number of aliphatic hydroxyl groups is 1. The van der Waals surface area contributed by atoms with Gasteiger partial charge in [-0.2, -0.15) is 0 Å². The summed E-state index contributed by atoms with van der Waals surface area (Å²) in [6, 6.07) is 10.6. The number of aromatic nitrogens is 2. The van der Waals surface area contributed by atoms with Crippen LogP contribution in [-0.2, 0) is 9.59 Å². The third-order valence-electron chi connectivity index (χ3n) is 4.47. The Labute approximate surface area is 173 Å². The first-order chi connectivity index (χ1) is 13.9. The van der Waals surface area contributed by atoms with Gasteiger partial charge >= 0.3 is 5.91 Å². The highest BCUT2D eigenvalue weighted by atomic mass is 35.5. The van der Waals surface area contributed by atoms with Crippen LogP contribution in [0.1, 0.15) is 22.2 Å². The molecule has 0 saturated carbocycles. The van der Waals surface area contributed by atoms with Crippen LogP contribution in [0.5, 0.6) is 0 Å². The van der Waals surface area contributed by atoms with E-state index in [0.717, 1.165) is 11.3 Å². The summed E-state index contributed by atoms with van der Waals surface area (Å²) in [6.07, 6.45) is 0. The molecule has 0 radical (unpaired) electrons. The molecule has 6 nitrogen and oxygen atoms in total. The summed E-state index contributed by atoms with van der Waals surface area (Å²) < 4.78 is 13.5.